The van der Waals surface area contributed by atoms with Gasteiger partial charge in [0.05, 0.1) is 6.10 Å². The molecule has 1 heterocycles. The molecule has 0 aromatic heterocycles. The number of rotatable bonds is 4. The standard InChI is InChI=1S/C17H25NO2/c1-3-4-5-14-6-8-15(9-7-14)17(20)18-11-10-16(19)13(2)12-18/h6-9,13,16,19H,3-5,10-12H2,1-2H3. The molecule has 0 spiro atoms. The molecule has 1 aromatic carbocycles. The van der Waals surface area contributed by atoms with Crippen molar-refractivity contribution >= 4 is 5.91 Å². The third kappa shape index (κ3) is 3.60. The summed E-state index contributed by atoms with van der Waals surface area (Å²) in [6.45, 7) is 5.49. The third-order valence-electron chi connectivity index (χ3n) is 4.17. The van der Waals surface area contributed by atoms with Gasteiger partial charge in [-0.1, -0.05) is 32.4 Å². The number of benzene rings is 1. The largest absolute Gasteiger partial charge is 0.393 e. The summed E-state index contributed by atoms with van der Waals surface area (Å²) in [5, 5.41) is 9.73. The first-order valence-electron chi connectivity index (χ1n) is 7.68. The molecule has 3 nitrogen and oxygen atoms in total. The number of carbonyl (C=O) groups excluding carboxylic acids is 1. The number of amides is 1. The van der Waals surface area contributed by atoms with E-state index < -0.39 is 0 Å². The topological polar surface area (TPSA) is 40.5 Å². The van der Waals surface area contributed by atoms with Crippen LogP contribution >= 0.6 is 0 Å². The Kier molecular flexibility index (Phi) is 5.18. The van der Waals surface area contributed by atoms with E-state index in [1.54, 1.807) is 0 Å². The van der Waals surface area contributed by atoms with E-state index in [1.807, 2.05) is 24.0 Å². The molecule has 1 fully saturated rings. The lowest BCUT2D eigenvalue weighted by Crippen LogP contribution is -2.44. The Morgan fingerprint density at radius 1 is 1.35 bits per heavy atom. The number of hydrogen-bond donors (Lipinski definition) is 1. The molecule has 0 radical (unpaired) electrons. The van der Waals surface area contributed by atoms with Crippen LogP contribution in [-0.4, -0.2) is 35.1 Å². The first kappa shape index (κ1) is 15.0. The summed E-state index contributed by atoms with van der Waals surface area (Å²) in [6, 6.07) is 7.99. The number of piperidine rings is 1. The van der Waals surface area contributed by atoms with Crippen LogP contribution in [0, 0.1) is 5.92 Å². The number of likely N-dealkylation sites (tertiary alicyclic amines) is 1. The van der Waals surface area contributed by atoms with Crippen molar-refractivity contribution in [3.8, 4) is 0 Å². The lowest BCUT2D eigenvalue weighted by molar-refractivity contribution is 0.0297. The zero-order valence-corrected chi connectivity index (χ0v) is 12.5. The van der Waals surface area contributed by atoms with E-state index in [4.69, 9.17) is 0 Å². The second kappa shape index (κ2) is 6.89. The number of carbonyl (C=O) groups is 1. The quantitative estimate of drug-likeness (QED) is 0.918. The van der Waals surface area contributed by atoms with Gasteiger partial charge in [-0.3, -0.25) is 4.79 Å². The predicted octanol–water partition coefficient (Wildman–Crippen LogP) is 2.87. The van der Waals surface area contributed by atoms with E-state index in [-0.39, 0.29) is 17.9 Å². The van der Waals surface area contributed by atoms with Gasteiger partial charge in [-0.15, -0.1) is 0 Å². The Labute approximate surface area is 121 Å². The SMILES string of the molecule is CCCCc1ccc(C(=O)N2CCC(O)C(C)C2)cc1. The summed E-state index contributed by atoms with van der Waals surface area (Å²) in [5.41, 5.74) is 2.06. The summed E-state index contributed by atoms with van der Waals surface area (Å²) in [7, 11) is 0. The van der Waals surface area contributed by atoms with Gasteiger partial charge in [0.2, 0.25) is 0 Å². The highest BCUT2D eigenvalue weighted by molar-refractivity contribution is 5.94. The van der Waals surface area contributed by atoms with Crippen molar-refractivity contribution < 1.29 is 9.90 Å². The normalized spacial score (nSPS) is 22.9. The Hall–Kier alpha value is -1.35. The van der Waals surface area contributed by atoms with Gasteiger partial charge >= 0.3 is 0 Å². The average molecular weight is 275 g/mol. The smallest absolute Gasteiger partial charge is 0.253 e. The van der Waals surface area contributed by atoms with Crippen LogP contribution in [0.1, 0.15) is 49.0 Å². The Balaban J connectivity index is 1.98. The molecule has 1 N–H and O–H groups in total. The molecular formula is C17H25NO2. The molecule has 1 amide bonds. The second-order valence-electron chi connectivity index (χ2n) is 5.88. The number of hydrogen-bond acceptors (Lipinski definition) is 2. The maximum atomic E-state index is 12.4. The van der Waals surface area contributed by atoms with Crippen molar-refractivity contribution in [3.63, 3.8) is 0 Å². The molecule has 1 saturated heterocycles. The molecule has 0 bridgehead atoms. The van der Waals surface area contributed by atoms with Crippen molar-refractivity contribution in [2.75, 3.05) is 13.1 Å². The van der Waals surface area contributed by atoms with Gasteiger partial charge in [0, 0.05) is 18.7 Å². The number of unbranched alkanes of at least 4 members (excludes halogenated alkanes) is 1. The molecule has 2 atom stereocenters. The van der Waals surface area contributed by atoms with Gasteiger partial charge in [-0.05, 0) is 42.9 Å². The van der Waals surface area contributed by atoms with Gasteiger partial charge in [0.1, 0.15) is 0 Å². The molecule has 2 rings (SSSR count). The summed E-state index contributed by atoms with van der Waals surface area (Å²) in [6.07, 6.45) is 3.87. The Morgan fingerprint density at radius 2 is 2.05 bits per heavy atom. The molecule has 3 heteroatoms. The second-order valence-corrected chi connectivity index (χ2v) is 5.88. The number of aliphatic hydroxyl groups excluding tert-OH is 1. The monoisotopic (exact) mass is 275 g/mol. The Bertz CT molecular complexity index is 441. The fourth-order valence-corrected chi connectivity index (χ4v) is 2.70. The molecule has 20 heavy (non-hydrogen) atoms. The molecular weight excluding hydrogens is 250 g/mol. The third-order valence-corrected chi connectivity index (χ3v) is 4.17. The lowest BCUT2D eigenvalue weighted by atomic mass is 9.96. The summed E-state index contributed by atoms with van der Waals surface area (Å²) in [4.78, 5) is 14.3. The molecule has 0 aliphatic carbocycles. The van der Waals surface area contributed by atoms with Crippen LogP contribution in [0.25, 0.3) is 0 Å². The first-order chi connectivity index (χ1) is 9.61. The zero-order chi connectivity index (χ0) is 14.5. The van der Waals surface area contributed by atoms with Crippen molar-refractivity contribution in [1.29, 1.82) is 0 Å². The summed E-state index contributed by atoms with van der Waals surface area (Å²) in [5.74, 6) is 0.252. The van der Waals surface area contributed by atoms with Crippen LogP contribution in [0.2, 0.25) is 0 Å². The van der Waals surface area contributed by atoms with Crippen LogP contribution < -0.4 is 0 Å². The fraction of sp³-hybridized carbons (Fsp3) is 0.588. The minimum Gasteiger partial charge on any atom is -0.393 e. The van der Waals surface area contributed by atoms with Gasteiger partial charge in [-0.2, -0.15) is 0 Å². The van der Waals surface area contributed by atoms with E-state index in [2.05, 4.69) is 19.1 Å². The van der Waals surface area contributed by atoms with E-state index in [1.165, 1.54) is 18.4 Å². The highest BCUT2D eigenvalue weighted by Crippen LogP contribution is 2.19. The molecule has 110 valence electrons. The minimum atomic E-state index is -0.268. The van der Waals surface area contributed by atoms with E-state index >= 15 is 0 Å². The highest BCUT2D eigenvalue weighted by atomic mass is 16.3. The molecule has 2 unspecified atom stereocenters. The van der Waals surface area contributed by atoms with Crippen LogP contribution in [0.15, 0.2) is 24.3 Å². The molecule has 1 aliphatic rings. The van der Waals surface area contributed by atoms with Crippen molar-refractivity contribution in [3.05, 3.63) is 35.4 Å². The number of aliphatic hydroxyl groups is 1. The van der Waals surface area contributed by atoms with Crippen LogP contribution in [0.3, 0.4) is 0 Å². The average Bonchev–Trinajstić information content (AvgIpc) is 2.48. The minimum absolute atomic E-state index is 0.0887. The lowest BCUT2D eigenvalue weighted by Gasteiger charge is -2.34. The molecule has 1 aromatic rings. The van der Waals surface area contributed by atoms with Gasteiger partial charge < -0.3 is 10.0 Å². The van der Waals surface area contributed by atoms with Gasteiger partial charge in [0.25, 0.3) is 5.91 Å². The van der Waals surface area contributed by atoms with Gasteiger partial charge in [-0.25, -0.2) is 0 Å². The summed E-state index contributed by atoms with van der Waals surface area (Å²) >= 11 is 0. The highest BCUT2D eigenvalue weighted by Gasteiger charge is 2.27. The van der Waals surface area contributed by atoms with Crippen molar-refractivity contribution in [2.24, 2.45) is 5.92 Å². The summed E-state index contributed by atoms with van der Waals surface area (Å²) < 4.78 is 0. The molecule has 0 saturated carbocycles. The number of aryl methyl sites for hydroxylation is 1. The van der Waals surface area contributed by atoms with Crippen LogP contribution in [0.4, 0.5) is 0 Å². The van der Waals surface area contributed by atoms with Crippen LogP contribution in [-0.2, 0) is 6.42 Å². The fourth-order valence-electron chi connectivity index (χ4n) is 2.70. The maximum Gasteiger partial charge on any atom is 0.253 e. The van der Waals surface area contributed by atoms with Crippen molar-refractivity contribution in [1.82, 2.24) is 4.90 Å². The Morgan fingerprint density at radius 3 is 2.65 bits per heavy atom. The van der Waals surface area contributed by atoms with Crippen molar-refractivity contribution in [2.45, 2.75) is 45.6 Å². The van der Waals surface area contributed by atoms with Crippen LogP contribution in [0.5, 0.6) is 0 Å². The van der Waals surface area contributed by atoms with E-state index in [9.17, 15) is 9.90 Å². The number of nitrogens with zero attached hydrogens (tertiary/aromatic N) is 1. The zero-order valence-electron chi connectivity index (χ0n) is 12.5. The first-order valence-corrected chi connectivity index (χ1v) is 7.68. The van der Waals surface area contributed by atoms with E-state index in [0.29, 0.717) is 19.5 Å². The maximum absolute atomic E-state index is 12.4. The predicted molar refractivity (Wildman–Crippen MR) is 80.7 cm³/mol. The van der Waals surface area contributed by atoms with E-state index in [0.717, 1.165) is 12.0 Å². The molecule has 1 aliphatic heterocycles. The van der Waals surface area contributed by atoms with Gasteiger partial charge in [0.15, 0.2) is 0 Å².